The summed E-state index contributed by atoms with van der Waals surface area (Å²) in [7, 11) is 0. The number of hydrogen-bond acceptors (Lipinski definition) is 5. The van der Waals surface area contributed by atoms with Gasteiger partial charge in [0.2, 0.25) is 0 Å². The Labute approximate surface area is 113 Å². The molecule has 1 N–H and O–H groups in total. The summed E-state index contributed by atoms with van der Waals surface area (Å²) < 4.78 is 13.9. The summed E-state index contributed by atoms with van der Waals surface area (Å²) >= 11 is 1.43. The smallest absolute Gasteiger partial charge is 0.184 e. The van der Waals surface area contributed by atoms with Gasteiger partial charge in [0.15, 0.2) is 5.13 Å². The van der Waals surface area contributed by atoms with Gasteiger partial charge in [0.1, 0.15) is 11.6 Å². The number of halogens is 1. The van der Waals surface area contributed by atoms with Crippen LogP contribution in [0.15, 0.2) is 30.5 Å². The molecule has 2 heterocycles. The molecule has 3 aromatic rings. The first kappa shape index (κ1) is 12.0. The molecule has 0 radical (unpaired) electrons. The van der Waals surface area contributed by atoms with E-state index in [2.05, 4.69) is 20.3 Å². The number of thiazole rings is 1. The average Bonchev–Trinajstić information content (AvgIpc) is 2.78. The molecule has 0 aliphatic heterocycles. The van der Waals surface area contributed by atoms with Gasteiger partial charge in [0.05, 0.1) is 22.5 Å². The highest BCUT2D eigenvalue weighted by Crippen LogP contribution is 2.26. The van der Waals surface area contributed by atoms with Gasteiger partial charge in [0, 0.05) is 6.20 Å². The highest BCUT2D eigenvalue weighted by atomic mass is 32.1. The molecule has 3 rings (SSSR count). The van der Waals surface area contributed by atoms with E-state index in [-0.39, 0.29) is 5.82 Å². The predicted molar refractivity (Wildman–Crippen MR) is 73.7 cm³/mol. The summed E-state index contributed by atoms with van der Waals surface area (Å²) in [5.74, 6) is 0.500. The number of aryl methyl sites for hydroxylation is 1. The fourth-order valence-electron chi connectivity index (χ4n) is 1.74. The van der Waals surface area contributed by atoms with Crippen molar-refractivity contribution in [2.45, 2.75) is 13.5 Å². The lowest BCUT2D eigenvalue weighted by molar-refractivity contribution is 0.630. The molecule has 19 heavy (non-hydrogen) atoms. The van der Waals surface area contributed by atoms with Crippen LogP contribution in [0, 0.1) is 12.7 Å². The number of hydrogen-bond donors (Lipinski definition) is 1. The van der Waals surface area contributed by atoms with Crippen LogP contribution in [0.4, 0.5) is 9.52 Å². The fraction of sp³-hybridized carbons (Fsp3) is 0.154. The molecule has 0 fully saturated rings. The van der Waals surface area contributed by atoms with E-state index in [1.165, 1.54) is 23.5 Å². The van der Waals surface area contributed by atoms with Crippen molar-refractivity contribution in [3.8, 4) is 0 Å². The lowest BCUT2D eigenvalue weighted by Crippen LogP contribution is -2.02. The molecule has 0 spiro atoms. The van der Waals surface area contributed by atoms with Crippen molar-refractivity contribution in [3.05, 3.63) is 47.8 Å². The Hall–Kier alpha value is -2.08. The first-order valence-electron chi connectivity index (χ1n) is 5.79. The molecular weight excluding hydrogens is 263 g/mol. The van der Waals surface area contributed by atoms with E-state index in [0.717, 1.165) is 26.9 Å². The third kappa shape index (κ3) is 2.68. The fourth-order valence-corrected chi connectivity index (χ4v) is 2.63. The number of benzene rings is 1. The van der Waals surface area contributed by atoms with Crippen LogP contribution in [0.1, 0.15) is 11.5 Å². The molecule has 0 unspecified atom stereocenters. The van der Waals surface area contributed by atoms with Crippen molar-refractivity contribution >= 4 is 26.7 Å². The zero-order valence-electron chi connectivity index (χ0n) is 10.2. The number of nitrogens with zero attached hydrogens (tertiary/aromatic N) is 3. The first-order valence-corrected chi connectivity index (χ1v) is 6.61. The van der Waals surface area contributed by atoms with Crippen molar-refractivity contribution in [1.29, 1.82) is 0 Å². The number of rotatable bonds is 3. The SMILES string of the molecule is Cc1nccc(CNc2nc3ccc(F)cc3s2)n1. The Balaban J connectivity index is 1.78. The van der Waals surface area contributed by atoms with Crippen LogP contribution in [0.25, 0.3) is 10.2 Å². The molecule has 0 saturated carbocycles. The molecule has 1 aromatic carbocycles. The zero-order valence-corrected chi connectivity index (χ0v) is 11.0. The Kier molecular flexibility index (Phi) is 3.08. The minimum absolute atomic E-state index is 0.242. The lowest BCUT2D eigenvalue weighted by atomic mass is 10.3. The van der Waals surface area contributed by atoms with E-state index < -0.39 is 0 Å². The summed E-state index contributed by atoms with van der Waals surface area (Å²) in [4.78, 5) is 12.7. The maximum atomic E-state index is 13.1. The van der Waals surface area contributed by atoms with E-state index in [9.17, 15) is 4.39 Å². The topological polar surface area (TPSA) is 50.7 Å². The van der Waals surface area contributed by atoms with Crippen LogP contribution in [0.5, 0.6) is 0 Å². The lowest BCUT2D eigenvalue weighted by Gasteiger charge is -2.01. The molecule has 0 aliphatic carbocycles. The largest absolute Gasteiger partial charge is 0.356 e. The maximum absolute atomic E-state index is 13.1. The summed E-state index contributed by atoms with van der Waals surface area (Å²) in [6.07, 6.45) is 1.73. The van der Waals surface area contributed by atoms with Crippen LogP contribution in [0.3, 0.4) is 0 Å². The molecule has 0 atom stereocenters. The van der Waals surface area contributed by atoms with Crippen molar-refractivity contribution in [2.24, 2.45) is 0 Å². The van der Waals surface area contributed by atoms with Gasteiger partial charge < -0.3 is 5.32 Å². The number of fused-ring (bicyclic) bond motifs is 1. The van der Waals surface area contributed by atoms with Crippen molar-refractivity contribution in [3.63, 3.8) is 0 Å². The first-order chi connectivity index (χ1) is 9.20. The highest BCUT2D eigenvalue weighted by Gasteiger charge is 2.05. The second kappa shape index (κ2) is 4.89. The zero-order chi connectivity index (χ0) is 13.2. The molecule has 0 amide bonds. The summed E-state index contributed by atoms with van der Waals surface area (Å²) in [6.45, 7) is 2.43. The van der Waals surface area contributed by atoms with Gasteiger partial charge in [-0.25, -0.2) is 19.3 Å². The standard InChI is InChI=1S/C13H11FN4S/c1-8-15-5-4-10(17-8)7-16-13-18-11-3-2-9(14)6-12(11)19-13/h2-6H,7H2,1H3,(H,16,18). The minimum Gasteiger partial charge on any atom is -0.356 e. The summed E-state index contributed by atoms with van der Waals surface area (Å²) in [5.41, 5.74) is 1.70. The van der Waals surface area contributed by atoms with E-state index in [4.69, 9.17) is 0 Å². The van der Waals surface area contributed by atoms with Crippen LogP contribution in [-0.2, 0) is 6.54 Å². The molecule has 0 bridgehead atoms. The van der Waals surface area contributed by atoms with Gasteiger partial charge in [-0.05, 0) is 31.2 Å². The van der Waals surface area contributed by atoms with Crippen LogP contribution < -0.4 is 5.32 Å². The third-order valence-electron chi connectivity index (χ3n) is 2.60. The second-order valence-electron chi connectivity index (χ2n) is 4.08. The van der Waals surface area contributed by atoms with Gasteiger partial charge in [-0.3, -0.25) is 0 Å². The maximum Gasteiger partial charge on any atom is 0.184 e. The van der Waals surface area contributed by atoms with Gasteiger partial charge in [-0.2, -0.15) is 0 Å². The van der Waals surface area contributed by atoms with E-state index in [0.29, 0.717) is 6.54 Å². The Morgan fingerprint density at radius 3 is 3.00 bits per heavy atom. The van der Waals surface area contributed by atoms with Gasteiger partial charge in [0.25, 0.3) is 0 Å². The third-order valence-corrected chi connectivity index (χ3v) is 3.58. The number of aromatic nitrogens is 3. The van der Waals surface area contributed by atoms with Crippen LogP contribution in [-0.4, -0.2) is 15.0 Å². The van der Waals surface area contributed by atoms with Gasteiger partial charge in [-0.1, -0.05) is 11.3 Å². The summed E-state index contributed by atoms with van der Waals surface area (Å²) in [5, 5.41) is 3.95. The number of anilines is 1. The van der Waals surface area contributed by atoms with E-state index >= 15 is 0 Å². The second-order valence-corrected chi connectivity index (χ2v) is 5.11. The van der Waals surface area contributed by atoms with Crippen molar-refractivity contribution < 1.29 is 4.39 Å². The van der Waals surface area contributed by atoms with Gasteiger partial charge in [-0.15, -0.1) is 0 Å². The quantitative estimate of drug-likeness (QED) is 0.797. The van der Waals surface area contributed by atoms with E-state index in [1.807, 2.05) is 13.0 Å². The minimum atomic E-state index is -0.242. The monoisotopic (exact) mass is 274 g/mol. The van der Waals surface area contributed by atoms with E-state index in [1.54, 1.807) is 12.3 Å². The molecule has 2 aromatic heterocycles. The normalized spacial score (nSPS) is 10.8. The molecule has 6 heteroatoms. The average molecular weight is 274 g/mol. The van der Waals surface area contributed by atoms with Crippen molar-refractivity contribution in [2.75, 3.05) is 5.32 Å². The number of nitrogens with one attached hydrogen (secondary N) is 1. The molecule has 96 valence electrons. The molecule has 0 aliphatic rings. The van der Waals surface area contributed by atoms with Crippen LogP contribution in [0.2, 0.25) is 0 Å². The molecule has 0 saturated heterocycles. The van der Waals surface area contributed by atoms with Crippen LogP contribution >= 0.6 is 11.3 Å². The predicted octanol–water partition coefficient (Wildman–Crippen LogP) is 3.15. The Morgan fingerprint density at radius 2 is 2.16 bits per heavy atom. The Bertz CT molecular complexity index is 725. The van der Waals surface area contributed by atoms with Gasteiger partial charge >= 0.3 is 0 Å². The Morgan fingerprint density at radius 1 is 1.26 bits per heavy atom. The molecular formula is C13H11FN4S. The van der Waals surface area contributed by atoms with Crippen molar-refractivity contribution in [1.82, 2.24) is 15.0 Å². The highest BCUT2D eigenvalue weighted by molar-refractivity contribution is 7.22. The molecule has 4 nitrogen and oxygen atoms in total. The summed E-state index contributed by atoms with van der Waals surface area (Å²) in [6, 6.07) is 6.45.